The lowest BCUT2D eigenvalue weighted by atomic mass is 10.1. The first kappa shape index (κ1) is 10.3. The molecule has 4 aromatic rings. The van der Waals surface area contributed by atoms with Crippen LogP contribution in [0.25, 0.3) is 33.1 Å². The average molecular weight is 244 g/mol. The molecule has 0 bridgehead atoms. The molecule has 0 unspecified atom stereocenters. The first-order valence-corrected chi connectivity index (χ1v) is 6.17. The Morgan fingerprint density at radius 3 is 2.68 bits per heavy atom. The van der Waals surface area contributed by atoms with Gasteiger partial charge >= 0.3 is 0 Å². The van der Waals surface area contributed by atoms with Crippen molar-refractivity contribution in [1.29, 1.82) is 0 Å². The minimum absolute atomic E-state index is 0.779. The third kappa shape index (κ3) is 1.61. The van der Waals surface area contributed by atoms with Crippen LogP contribution in [-0.2, 0) is 0 Å². The van der Waals surface area contributed by atoms with Crippen LogP contribution in [0.15, 0.2) is 65.1 Å². The summed E-state index contributed by atoms with van der Waals surface area (Å²) in [5.74, 6) is 0.779. The highest BCUT2D eigenvalue weighted by atomic mass is 16.3. The lowest BCUT2D eigenvalue weighted by Gasteiger charge is -2.00. The number of para-hydroxylation sites is 1. The Hall–Kier alpha value is -2.61. The van der Waals surface area contributed by atoms with Gasteiger partial charge in [0.05, 0.1) is 5.52 Å². The predicted molar refractivity (Wildman–Crippen MR) is 75.8 cm³/mol. The van der Waals surface area contributed by atoms with E-state index in [9.17, 15) is 0 Å². The first-order chi connectivity index (χ1) is 9.42. The van der Waals surface area contributed by atoms with Gasteiger partial charge in [0.1, 0.15) is 5.69 Å². The number of hydrogen-bond acceptors (Lipinski definition) is 2. The number of hydrogen-bond donors (Lipinski definition) is 0. The van der Waals surface area contributed by atoms with Crippen molar-refractivity contribution in [3.8, 4) is 11.5 Å². The highest BCUT2D eigenvalue weighted by molar-refractivity contribution is 5.94. The largest absolute Gasteiger partial charge is 0.450 e. The number of fused-ring (bicyclic) bond motifs is 2. The van der Waals surface area contributed by atoms with Gasteiger partial charge in [-0.05, 0) is 12.1 Å². The van der Waals surface area contributed by atoms with Crippen molar-refractivity contribution in [3.63, 3.8) is 0 Å². The van der Waals surface area contributed by atoms with Crippen LogP contribution < -0.4 is 0 Å². The van der Waals surface area contributed by atoms with Gasteiger partial charge in [0, 0.05) is 16.2 Å². The lowest BCUT2D eigenvalue weighted by molar-refractivity contribution is 0.576. The van der Waals surface area contributed by atoms with E-state index < -0.39 is 0 Å². The summed E-state index contributed by atoms with van der Waals surface area (Å²) in [7, 11) is 0. The van der Waals surface area contributed by atoms with E-state index in [0.29, 0.717) is 0 Å². The molecule has 0 atom stereocenters. The first-order valence-electron chi connectivity index (χ1n) is 6.17. The van der Waals surface area contributed by atoms with Gasteiger partial charge in [0.2, 0.25) is 0 Å². The summed E-state index contributed by atoms with van der Waals surface area (Å²) in [6.45, 7) is 0. The molecular weight excluding hydrogens is 234 g/mol. The molecule has 1 radical (unpaired) electrons. The second-order valence-electron chi connectivity index (χ2n) is 4.47. The number of nitrogens with zero attached hydrogens (tertiary/aromatic N) is 1. The number of rotatable bonds is 1. The molecular formula is C17H10NO. The molecule has 2 heteroatoms. The van der Waals surface area contributed by atoms with Crippen LogP contribution in [-0.4, -0.2) is 4.98 Å². The molecule has 19 heavy (non-hydrogen) atoms. The second-order valence-corrected chi connectivity index (χ2v) is 4.47. The monoisotopic (exact) mass is 244 g/mol. The highest BCUT2D eigenvalue weighted by Crippen LogP contribution is 2.29. The van der Waals surface area contributed by atoms with Crippen molar-refractivity contribution < 1.29 is 4.42 Å². The van der Waals surface area contributed by atoms with Gasteiger partial charge in [-0.3, -0.25) is 0 Å². The van der Waals surface area contributed by atoms with Gasteiger partial charge in [0.15, 0.2) is 12.0 Å². The zero-order valence-corrected chi connectivity index (χ0v) is 10.1. The summed E-state index contributed by atoms with van der Waals surface area (Å²) in [6.07, 6.45) is 2.92. The Morgan fingerprint density at radius 2 is 1.68 bits per heavy atom. The number of furan rings is 1. The van der Waals surface area contributed by atoms with Gasteiger partial charge < -0.3 is 4.42 Å². The van der Waals surface area contributed by atoms with E-state index in [-0.39, 0.29) is 0 Å². The van der Waals surface area contributed by atoms with Gasteiger partial charge in [-0.1, -0.05) is 48.5 Å². The fraction of sp³-hybridized carbons (Fsp3) is 0. The normalized spacial score (nSPS) is 11.2. The van der Waals surface area contributed by atoms with Crippen molar-refractivity contribution >= 4 is 21.7 Å². The summed E-state index contributed by atoms with van der Waals surface area (Å²) in [5.41, 5.74) is 1.82. The quantitative estimate of drug-likeness (QED) is 0.494. The van der Waals surface area contributed by atoms with E-state index in [1.54, 1.807) is 0 Å². The highest BCUT2D eigenvalue weighted by Gasteiger charge is 2.10. The number of aromatic nitrogens is 1. The van der Waals surface area contributed by atoms with E-state index in [0.717, 1.165) is 33.1 Å². The molecule has 0 aliphatic rings. The van der Waals surface area contributed by atoms with Crippen LogP contribution in [0, 0.1) is 6.26 Å². The lowest BCUT2D eigenvalue weighted by Crippen LogP contribution is -1.83. The molecule has 4 rings (SSSR count). The Balaban J connectivity index is 1.99. The van der Waals surface area contributed by atoms with Crippen LogP contribution in [0.3, 0.4) is 0 Å². The second kappa shape index (κ2) is 3.95. The topological polar surface area (TPSA) is 26.0 Å². The van der Waals surface area contributed by atoms with Gasteiger partial charge in [-0.15, -0.1) is 0 Å². The number of benzene rings is 2. The van der Waals surface area contributed by atoms with Crippen LogP contribution in [0.2, 0.25) is 0 Å². The van der Waals surface area contributed by atoms with Crippen LogP contribution >= 0.6 is 0 Å². The SMILES string of the molecule is [c]1oc(-c2ccc3ccccc3n2)c2ccccc12. The Bertz CT molecular complexity index is 876. The van der Waals surface area contributed by atoms with E-state index in [1.165, 1.54) is 0 Å². The summed E-state index contributed by atoms with van der Waals surface area (Å²) < 4.78 is 5.56. The van der Waals surface area contributed by atoms with E-state index >= 15 is 0 Å². The van der Waals surface area contributed by atoms with Crippen molar-refractivity contribution in [2.24, 2.45) is 0 Å². The van der Waals surface area contributed by atoms with Gasteiger partial charge in [0.25, 0.3) is 0 Å². The van der Waals surface area contributed by atoms with Gasteiger partial charge in [-0.25, -0.2) is 4.98 Å². The zero-order chi connectivity index (χ0) is 12.7. The van der Waals surface area contributed by atoms with Crippen molar-refractivity contribution in [2.75, 3.05) is 0 Å². The minimum atomic E-state index is 0.779. The molecule has 2 aromatic carbocycles. The van der Waals surface area contributed by atoms with Crippen molar-refractivity contribution in [2.45, 2.75) is 0 Å². The summed E-state index contributed by atoms with van der Waals surface area (Å²) in [4.78, 5) is 4.65. The maximum Gasteiger partial charge on any atom is 0.178 e. The zero-order valence-electron chi connectivity index (χ0n) is 10.1. The maximum atomic E-state index is 5.56. The predicted octanol–water partition coefficient (Wildman–Crippen LogP) is 4.45. The summed E-state index contributed by atoms with van der Waals surface area (Å²) in [5, 5.41) is 3.16. The van der Waals surface area contributed by atoms with Crippen molar-refractivity contribution in [3.05, 3.63) is 66.9 Å². The third-order valence-corrected chi connectivity index (χ3v) is 3.27. The molecule has 0 aliphatic heterocycles. The smallest absolute Gasteiger partial charge is 0.178 e. The van der Waals surface area contributed by atoms with Crippen molar-refractivity contribution in [1.82, 2.24) is 4.98 Å². The van der Waals surface area contributed by atoms with Crippen LogP contribution in [0.5, 0.6) is 0 Å². The fourth-order valence-corrected chi connectivity index (χ4v) is 2.31. The third-order valence-electron chi connectivity index (χ3n) is 3.27. The van der Waals surface area contributed by atoms with E-state index in [2.05, 4.69) is 23.4 Å². The minimum Gasteiger partial charge on any atom is -0.450 e. The average Bonchev–Trinajstić information content (AvgIpc) is 2.91. The molecule has 2 aromatic heterocycles. The number of pyridine rings is 1. The summed E-state index contributed by atoms with van der Waals surface area (Å²) in [6, 6.07) is 20.1. The summed E-state index contributed by atoms with van der Waals surface area (Å²) >= 11 is 0. The molecule has 2 nitrogen and oxygen atoms in total. The standard InChI is InChI=1S/C17H10NO/c1-3-7-14-13(6-1)11-19-17(14)16-10-9-12-5-2-4-8-15(12)18-16/h1-10H. The van der Waals surface area contributed by atoms with E-state index in [4.69, 9.17) is 4.42 Å². The Morgan fingerprint density at radius 1 is 0.842 bits per heavy atom. The molecule has 0 spiro atoms. The molecule has 0 saturated heterocycles. The fourth-order valence-electron chi connectivity index (χ4n) is 2.31. The Labute approximate surface area is 110 Å². The molecule has 2 heterocycles. The molecule has 0 saturated carbocycles. The molecule has 0 aliphatic carbocycles. The van der Waals surface area contributed by atoms with E-state index in [1.807, 2.05) is 48.5 Å². The Kier molecular flexibility index (Phi) is 2.15. The molecule has 0 amide bonds. The van der Waals surface area contributed by atoms with Gasteiger partial charge in [-0.2, -0.15) is 0 Å². The molecule has 89 valence electrons. The molecule has 0 fully saturated rings. The van der Waals surface area contributed by atoms with Crippen LogP contribution in [0.4, 0.5) is 0 Å². The maximum absolute atomic E-state index is 5.56. The molecule has 0 N–H and O–H groups in total. The van der Waals surface area contributed by atoms with Crippen LogP contribution in [0.1, 0.15) is 0 Å².